The molecule has 3 aromatic heterocycles. The summed E-state index contributed by atoms with van der Waals surface area (Å²) in [6.45, 7) is 2.15. The standard InChI is InChI=1S/C19H15N3O3/c1-12-15(22-9-5-4-8-17(22)21-12)11-20-18(23)14-10-13-6-2-3-7-16(13)25-19(14)24/h2-10H,11H2,1H3,(H,20,23). The molecule has 1 aromatic carbocycles. The maximum Gasteiger partial charge on any atom is 0.349 e. The molecule has 0 radical (unpaired) electrons. The van der Waals surface area contributed by atoms with Gasteiger partial charge in [-0.15, -0.1) is 0 Å². The van der Waals surface area contributed by atoms with Crippen LogP contribution >= 0.6 is 0 Å². The molecule has 0 atom stereocenters. The molecule has 1 amide bonds. The van der Waals surface area contributed by atoms with Crippen LogP contribution in [-0.4, -0.2) is 15.3 Å². The molecule has 0 spiro atoms. The fourth-order valence-electron chi connectivity index (χ4n) is 2.86. The number of para-hydroxylation sites is 1. The van der Waals surface area contributed by atoms with E-state index in [0.717, 1.165) is 17.0 Å². The highest BCUT2D eigenvalue weighted by molar-refractivity contribution is 5.96. The van der Waals surface area contributed by atoms with Crippen molar-refractivity contribution in [3.8, 4) is 0 Å². The number of aryl methyl sites for hydroxylation is 1. The van der Waals surface area contributed by atoms with Crippen molar-refractivity contribution < 1.29 is 9.21 Å². The largest absolute Gasteiger partial charge is 0.422 e. The first-order valence-electron chi connectivity index (χ1n) is 7.87. The molecule has 4 aromatic rings. The topological polar surface area (TPSA) is 76.6 Å². The molecule has 0 aliphatic rings. The summed E-state index contributed by atoms with van der Waals surface area (Å²) in [7, 11) is 0. The third-order valence-corrected chi connectivity index (χ3v) is 4.13. The number of pyridine rings is 1. The minimum absolute atomic E-state index is 0.00910. The Labute approximate surface area is 142 Å². The predicted molar refractivity (Wildman–Crippen MR) is 93.6 cm³/mol. The van der Waals surface area contributed by atoms with Gasteiger partial charge in [-0.05, 0) is 31.2 Å². The lowest BCUT2D eigenvalue weighted by Crippen LogP contribution is -2.28. The van der Waals surface area contributed by atoms with Gasteiger partial charge in [0.2, 0.25) is 0 Å². The van der Waals surface area contributed by atoms with Crippen molar-refractivity contribution in [2.75, 3.05) is 0 Å². The van der Waals surface area contributed by atoms with E-state index in [1.54, 1.807) is 24.3 Å². The molecule has 1 N–H and O–H groups in total. The summed E-state index contributed by atoms with van der Waals surface area (Å²) >= 11 is 0. The summed E-state index contributed by atoms with van der Waals surface area (Å²) in [4.78, 5) is 29.0. The van der Waals surface area contributed by atoms with Gasteiger partial charge in [0.1, 0.15) is 16.8 Å². The number of hydrogen-bond acceptors (Lipinski definition) is 4. The number of rotatable bonds is 3. The van der Waals surface area contributed by atoms with E-state index in [9.17, 15) is 9.59 Å². The molecule has 0 saturated heterocycles. The number of nitrogens with zero attached hydrogens (tertiary/aromatic N) is 2. The van der Waals surface area contributed by atoms with Crippen LogP contribution in [0.1, 0.15) is 21.7 Å². The van der Waals surface area contributed by atoms with Crippen LogP contribution in [0.2, 0.25) is 0 Å². The number of fused-ring (bicyclic) bond motifs is 2. The van der Waals surface area contributed by atoms with Crippen molar-refractivity contribution in [1.82, 2.24) is 14.7 Å². The van der Waals surface area contributed by atoms with Crippen molar-refractivity contribution in [3.63, 3.8) is 0 Å². The highest BCUT2D eigenvalue weighted by Crippen LogP contribution is 2.14. The molecule has 4 rings (SSSR count). The monoisotopic (exact) mass is 333 g/mol. The summed E-state index contributed by atoms with van der Waals surface area (Å²) in [6.07, 6.45) is 1.89. The second-order valence-corrected chi connectivity index (χ2v) is 5.74. The Kier molecular flexibility index (Phi) is 3.57. The lowest BCUT2D eigenvalue weighted by Gasteiger charge is -2.06. The molecular formula is C19H15N3O3. The summed E-state index contributed by atoms with van der Waals surface area (Å²) in [5.74, 6) is -0.468. The van der Waals surface area contributed by atoms with Gasteiger partial charge in [-0.1, -0.05) is 24.3 Å². The minimum atomic E-state index is -0.647. The maximum absolute atomic E-state index is 12.5. The van der Waals surface area contributed by atoms with Crippen LogP contribution in [0.15, 0.2) is 63.9 Å². The number of nitrogens with one attached hydrogen (secondary N) is 1. The minimum Gasteiger partial charge on any atom is -0.422 e. The number of aromatic nitrogens is 2. The van der Waals surface area contributed by atoms with E-state index < -0.39 is 11.5 Å². The molecule has 0 saturated carbocycles. The zero-order valence-corrected chi connectivity index (χ0v) is 13.5. The third-order valence-electron chi connectivity index (χ3n) is 4.13. The van der Waals surface area contributed by atoms with Crippen molar-refractivity contribution in [2.24, 2.45) is 0 Å². The Morgan fingerprint density at radius 1 is 1.20 bits per heavy atom. The Balaban J connectivity index is 1.63. The Morgan fingerprint density at radius 3 is 2.88 bits per heavy atom. The van der Waals surface area contributed by atoms with E-state index in [2.05, 4.69) is 10.3 Å². The van der Waals surface area contributed by atoms with Crippen LogP contribution < -0.4 is 10.9 Å². The molecule has 0 aliphatic carbocycles. The van der Waals surface area contributed by atoms with E-state index in [1.807, 2.05) is 41.8 Å². The second-order valence-electron chi connectivity index (χ2n) is 5.74. The fraction of sp³-hybridized carbons (Fsp3) is 0.105. The van der Waals surface area contributed by atoms with Gasteiger partial charge < -0.3 is 14.1 Å². The summed E-state index contributed by atoms with van der Waals surface area (Å²) in [5.41, 5.74) is 2.32. The van der Waals surface area contributed by atoms with Gasteiger partial charge in [0, 0.05) is 11.6 Å². The quantitative estimate of drug-likeness (QED) is 0.585. The van der Waals surface area contributed by atoms with Crippen LogP contribution in [0, 0.1) is 6.92 Å². The maximum atomic E-state index is 12.5. The molecule has 6 heteroatoms. The average Bonchev–Trinajstić information content (AvgIpc) is 2.94. The molecule has 0 bridgehead atoms. The third kappa shape index (κ3) is 2.67. The lowest BCUT2D eigenvalue weighted by molar-refractivity contribution is 0.0947. The van der Waals surface area contributed by atoms with E-state index in [1.165, 1.54) is 0 Å². The molecule has 6 nitrogen and oxygen atoms in total. The first kappa shape index (κ1) is 15.1. The zero-order valence-electron chi connectivity index (χ0n) is 13.5. The van der Waals surface area contributed by atoms with Crippen LogP contribution in [0.25, 0.3) is 16.6 Å². The Morgan fingerprint density at radius 2 is 2.00 bits per heavy atom. The number of benzene rings is 1. The number of imidazole rings is 1. The number of carbonyl (C=O) groups is 1. The van der Waals surface area contributed by atoms with Crippen LogP contribution in [0.4, 0.5) is 0 Å². The van der Waals surface area contributed by atoms with Gasteiger partial charge in [-0.3, -0.25) is 4.79 Å². The van der Waals surface area contributed by atoms with Crippen LogP contribution in [-0.2, 0) is 6.54 Å². The zero-order chi connectivity index (χ0) is 17.4. The van der Waals surface area contributed by atoms with E-state index in [0.29, 0.717) is 11.0 Å². The van der Waals surface area contributed by atoms with Gasteiger partial charge in [-0.25, -0.2) is 9.78 Å². The average molecular weight is 333 g/mol. The van der Waals surface area contributed by atoms with Crippen molar-refractivity contribution in [3.05, 3.63) is 82.1 Å². The molecular weight excluding hydrogens is 318 g/mol. The second kappa shape index (κ2) is 5.90. The van der Waals surface area contributed by atoms with E-state index >= 15 is 0 Å². The molecule has 0 aliphatic heterocycles. The highest BCUT2D eigenvalue weighted by atomic mass is 16.4. The summed E-state index contributed by atoms with van der Waals surface area (Å²) < 4.78 is 7.13. The smallest absolute Gasteiger partial charge is 0.349 e. The first-order valence-corrected chi connectivity index (χ1v) is 7.87. The van der Waals surface area contributed by atoms with Crippen molar-refractivity contribution >= 4 is 22.5 Å². The predicted octanol–water partition coefficient (Wildman–Crippen LogP) is 2.68. The van der Waals surface area contributed by atoms with E-state index in [4.69, 9.17) is 4.42 Å². The SMILES string of the molecule is Cc1nc2ccccn2c1CNC(=O)c1cc2ccccc2oc1=O. The number of carbonyl (C=O) groups excluding carboxylic acids is 1. The lowest BCUT2D eigenvalue weighted by atomic mass is 10.2. The van der Waals surface area contributed by atoms with Gasteiger partial charge in [0.05, 0.1) is 17.9 Å². The van der Waals surface area contributed by atoms with Crippen molar-refractivity contribution in [1.29, 1.82) is 0 Å². The van der Waals surface area contributed by atoms with Crippen molar-refractivity contribution in [2.45, 2.75) is 13.5 Å². The molecule has 0 fully saturated rings. The fourth-order valence-corrected chi connectivity index (χ4v) is 2.86. The number of amides is 1. The Bertz CT molecular complexity index is 1160. The van der Waals surface area contributed by atoms with Gasteiger partial charge >= 0.3 is 5.63 Å². The molecule has 0 unspecified atom stereocenters. The Hall–Kier alpha value is -3.41. The highest BCUT2D eigenvalue weighted by Gasteiger charge is 2.15. The first-order chi connectivity index (χ1) is 12.1. The van der Waals surface area contributed by atoms with Gasteiger partial charge in [-0.2, -0.15) is 0 Å². The normalized spacial score (nSPS) is 11.1. The van der Waals surface area contributed by atoms with Crippen LogP contribution in [0.3, 0.4) is 0 Å². The number of hydrogen-bond donors (Lipinski definition) is 1. The van der Waals surface area contributed by atoms with Crippen LogP contribution in [0.5, 0.6) is 0 Å². The molecule has 3 heterocycles. The molecule has 124 valence electrons. The molecule has 25 heavy (non-hydrogen) atoms. The summed E-state index contributed by atoms with van der Waals surface area (Å²) in [6, 6.07) is 14.4. The van der Waals surface area contributed by atoms with Gasteiger partial charge in [0.25, 0.3) is 5.91 Å². The van der Waals surface area contributed by atoms with Gasteiger partial charge in [0.15, 0.2) is 0 Å². The van der Waals surface area contributed by atoms with E-state index in [-0.39, 0.29) is 12.1 Å². The summed E-state index contributed by atoms with van der Waals surface area (Å²) in [5, 5.41) is 3.49.